The fourth-order valence-electron chi connectivity index (χ4n) is 1.82. The van der Waals surface area contributed by atoms with Gasteiger partial charge in [0, 0.05) is 12.5 Å². The van der Waals surface area contributed by atoms with Gasteiger partial charge in [0.15, 0.2) is 0 Å². The molecular weight excluding hydrogens is 292 g/mol. The standard InChI is InChI=1S/C16H23ClO4/c1-10(2)20-14-9-13(17)15(21-11(3)4)8-12(14)6-7-16(18)19-5/h8-11H,6-7H2,1-5H3. The number of esters is 1. The fraction of sp³-hybridized carbons (Fsp3) is 0.562. The van der Waals surface area contributed by atoms with E-state index in [4.69, 9.17) is 21.1 Å². The lowest BCUT2D eigenvalue weighted by Crippen LogP contribution is -2.11. The highest BCUT2D eigenvalue weighted by molar-refractivity contribution is 6.32. The van der Waals surface area contributed by atoms with E-state index in [9.17, 15) is 4.79 Å². The number of halogens is 1. The molecule has 0 saturated carbocycles. The molecule has 0 aliphatic rings. The Morgan fingerprint density at radius 2 is 1.67 bits per heavy atom. The molecule has 0 radical (unpaired) electrons. The van der Waals surface area contributed by atoms with Crippen LogP contribution in [-0.2, 0) is 16.0 Å². The minimum absolute atomic E-state index is 0.0211. The second-order valence-corrected chi connectivity index (χ2v) is 5.71. The lowest BCUT2D eigenvalue weighted by Gasteiger charge is -2.18. The Hall–Kier alpha value is -1.42. The second-order valence-electron chi connectivity index (χ2n) is 5.30. The highest BCUT2D eigenvalue weighted by Gasteiger charge is 2.14. The maximum atomic E-state index is 11.3. The van der Waals surface area contributed by atoms with E-state index in [0.29, 0.717) is 22.9 Å². The van der Waals surface area contributed by atoms with Crippen molar-refractivity contribution in [3.05, 3.63) is 22.7 Å². The van der Waals surface area contributed by atoms with Gasteiger partial charge < -0.3 is 14.2 Å². The Morgan fingerprint density at radius 1 is 1.10 bits per heavy atom. The molecule has 118 valence electrons. The molecule has 0 unspecified atom stereocenters. The van der Waals surface area contributed by atoms with Gasteiger partial charge in [-0.25, -0.2) is 0 Å². The molecule has 0 atom stereocenters. The maximum Gasteiger partial charge on any atom is 0.305 e. The number of benzene rings is 1. The zero-order valence-electron chi connectivity index (χ0n) is 13.2. The van der Waals surface area contributed by atoms with Crippen LogP contribution in [0.5, 0.6) is 11.5 Å². The van der Waals surface area contributed by atoms with Gasteiger partial charge in [0.1, 0.15) is 11.5 Å². The normalized spacial score (nSPS) is 10.9. The van der Waals surface area contributed by atoms with Gasteiger partial charge in [0.25, 0.3) is 0 Å². The van der Waals surface area contributed by atoms with Gasteiger partial charge in [-0.1, -0.05) is 11.6 Å². The minimum atomic E-state index is -0.258. The fourth-order valence-corrected chi connectivity index (χ4v) is 2.02. The van der Waals surface area contributed by atoms with Crippen molar-refractivity contribution >= 4 is 17.6 Å². The second kappa shape index (κ2) is 8.13. The highest BCUT2D eigenvalue weighted by atomic mass is 35.5. The summed E-state index contributed by atoms with van der Waals surface area (Å²) in [5.41, 5.74) is 0.883. The molecule has 1 rings (SSSR count). The van der Waals surface area contributed by atoms with Crippen molar-refractivity contribution in [1.82, 2.24) is 0 Å². The van der Waals surface area contributed by atoms with Gasteiger partial charge >= 0.3 is 5.97 Å². The van der Waals surface area contributed by atoms with E-state index in [1.165, 1.54) is 7.11 Å². The van der Waals surface area contributed by atoms with E-state index < -0.39 is 0 Å². The van der Waals surface area contributed by atoms with E-state index in [1.54, 1.807) is 6.07 Å². The number of carbonyl (C=O) groups is 1. The monoisotopic (exact) mass is 314 g/mol. The highest BCUT2D eigenvalue weighted by Crippen LogP contribution is 2.34. The molecule has 0 aliphatic carbocycles. The zero-order valence-corrected chi connectivity index (χ0v) is 14.0. The maximum absolute atomic E-state index is 11.3. The molecule has 1 aromatic carbocycles. The molecule has 0 fully saturated rings. The largest absolute Gasteiger partial charge is 0.491 e. The van der Waals surface area contributed by atoms with Gasteiger partial charge in [-0.2, -0.15) is 0 Å². The Bertz CT molecular complexity index is 483. The first-order valence-corrected chi connectivity index (χ1v) is 7.43. The smallest absolute Gasteiger partial charge is 0.305 e. The molecule has 0 N–H and O–H groups in total. The third-order valence-electron chi connectivity index (χ3n) is 2.67. The number of hydrogen-bond acceptors (Lipinski definition) is 4. The third-order valence-corrected chi connectivity index (χ3v) is 2.96. The van der Waals surface area contributed by atoms with Gasteiger partial charge in [0.2, 0.25) is 0 Å². The molecule has 0 aliphatic heterocycles. The van der Waals surface area contributed by atoms with Crippen molar-refractivity contribution in [2.24, 2.45) is 0 Å². The lowest BCUT2D eigenvalue weighted by atomic mass is 10.1. The van der Waals surface area contributed by atoms with Gasteiger partial charge in [0.05, 0.1) is 24.3 Å². The molecule has 0 amide bonds. The van der Waals surface area contributed by atoms with Gasteiger partial charge in [-0.05, 0) is 45.7 Å². The molecule has 1 aromatic rings. The lowest BCUT2D eigenvalue weighted by molar-refractivity contribution is -0.140. The quantitative estimate of drug-likeness (QED) is 0.713. The predicted octanol–water partition coefficient (Wildman–Crippen LogP) is 4.02. The van der Waals surface area contributed by atoms with Crippen molar-refractivity contribution in [3.8, 4) is 11.5 Å². The SMILES string of the molecule is COC(=O)CCc1cc(OC(C)C)c(Cl)cc1OC(C)C. The number of aryl methyl sites for hydroxylation is 1. The van der Waals surface area contributed by atoms with Crippen LogP contribution in [0.4, 0.5) is 0 Å². The van der Waals surface area contributed by atoms with Crippen LogP contribution in [0, 0.1) is 0 Å². The first-order chi connectivity index (χ1) is 9.83. The molecule has 0 heterocycles. The summed E-state index contributed by atoms with van der Waals surface area (Å²) >= 11 is 6.22. The summed E-state index contributed by atoms with van der Waals surface area (Å²) in [7, 11) is 1.38. The van der Waals surface area contributed by atoms with E-state index >= 15 is 0 Å². The van der Waals surface area contributed by atoms with Crippen molar-refractivity contribution < 1.29 is 19.0 Å². The van der Waals surface area contributed by atoms with Gasteiger partial charge in [-0.15, -0.1) is 0 Å². The Balaban J connectivity index is 3.04. The first kappa shape index (κ1) is 17.6. The number of hydrogen-bond donors (Lipinski definition) is 0. The topological polar surface area (TPSA) is 44.8 Å². The predicted molar refractivity (Wildman–Crippen MR) is 83.3 cm³/mol. The van der Waals surface area contributed by atoms with Crippen molar-refractivity contribution in [3.63, 3.8) is 0 Å². The van der Waals surface area contributed by atoms with Crippen molar-refractivity contribution in [2.45, 2.75) is 52.7 Å². The van der Waals surface area contributed by atoms with Gasteiger partial charge in [-0.3, -0.25) is 4.79 Å². The van der Waals surface area contributed by atoms with Crippen LogP contribution < -0.4 is 9.47 Å². The molecule has 4 nitrogen and oxygen atoms in total. The summed E-state index contributed by atoms with van der Waals surface area (Å²) in [5, 5.41) is 0.501. The molecular formula is C16H23ClO4. The zero-order chi connectivity index (χ0) is 16.0. The number of ether oxygens (including phenoxy) is 3. The molecule has 0 bridgehead atoms. The number of methoxy groups -OCH3 is 1. The summed E-state index contributed by atoms with van der Waals surface area (Å²) in [6.07, 6.45) is 0.844. The third kappa shape index (κ3) is 5.84. The average Bonchev–Trinajstić information content (AvgIpc) is 2.38. The average molecular weight is 315 g/mol. The summed E-state index contributed by atoms with van der Waals surface area (Å²) in [6.45, 7) is 7.75. The van der Waals surface area contributed by atoms with E-state index in [2.05, 4.69) is 4.74 Å². The Morgan fingerprint density at radius 3 is 2.19 bits per heavy atom. The number of carbonyl (C=O) groups excluding carboxylic acids is 1. The summed E-state index contributed by atoms with van der Waals surface area (Å²) in [5.74, 6) is 1.02. The van der Waals surface area contributed by atoms with Crippen LogP contribution in [0.2, 0.25) is 5.02 Å². The molecule has 21 heavy (non-hydrogen) atoms. The molecule has 5 heteroatoms. The van der Waals surface area contributed by atoms with Crippen LogP contribution in [0.15, 0.2) is 12.1 Å². The molecule has 0 aromatic heterocycles. The van der Waals surface area contributed by atoms with E-state index in [0.717, 1.165) is 5.56 Å². The van der Waals surface area contributed by atoms with Crippen LogP contribution in [-0.4, -0.2) is 25.3 Å². The summed E-state index contributed by atoms with van der Waals surface area (Å²) in [4.78, 5) is 11.3. The summed E-state index contributed by atoms with van der Waals surface area (Å²) in [6, 6.07) is 3.58. The number of rotatable bonds is 7. The van der Waals surface area contributed by atoms with E-state index in [-0.39, 0.29) is 24.6 Å². The summed E-state index contributed by atoms with van der Waals surface area (Å²) < 4.78 is 16.1. The van der Waals surface area contributed by atoms with Crippen LogP contribution in [0.1, 0.15) is 39.7 Å². The van der Waals surface area contributed by atoms with Crippen LogP contribution >= 0.6 is 11.6 Å². The molecule has 0 spiro atoms. The first-order valence-electron chi connectivity index (χ1n) is 7.06. The minimum Gasteiger partial charge on any atom is -0.491 e. The van der Waals surface area contributed by atoms with Crippen molar-refractivity contribution in [1.29, 1.82) is 0 Å². The van der Waals surface area contributed by atoms with Crippen molar-refractivity contribution in [2.75, 3.05) is 7.11 Å². The van der Waals surface area contributed by atoms with Crippen LogP contribution in [0.3, 0.4) is 0 Å². The van der Waals surface area contributed by atoms with Crippen LogP contribution in [0.25, 0.3) is 0 Å². The van der Waals surface area contributed by atoms with E-state index in [1.807, 2.05) is 33.8 Å². The molecule has 0 saturated heterocycles. The Kier molecular flexibility index (Phi) is 6.82. The Labute approximate surface area is 131 Å².